The molecule has 0 fully saturated rings. The van der Waals surface area contributed by atoms with Crippen LogP contribution >= 0.6 is 0 Å². The van der Waals surface area contributed by atoms with Crippen molar-refractivity contribution in [2.45, 2.75) is 13.3 Å². The lowest BCUT2D eigenvalue weighted by molar-refractivity contribution is -0.126. The van der Waals surface area contributed by atoms with Crippen molar-refractivity contribution in [3.63, 3.8) is 0 Å². The van der Waals surface area contributed by atoms with E-state index in [9.17, 15) is 13.2 Å². The maximum atomic E-state index is 12.0. The van der Waals surface area contributed by atoms with Gasteiger partial charge in [0, 0.05) is 12.3 Å². The summed E-state index contributed by atoms with van der Waals surface area (Å²) >= 11 is 0. The molecule has 1 aliphatic heterocycles. The number of carbonyl (C=O) groups excluding carboxylic acids is 1. The van der Waals surface area contributed by atoms with Gasteiger partial charge in [-0.3, -0.25) is 4.79 Å². The Morgan fingerprint density at radius 2 is 2.15 bits per heavy atom. The van der Waals surface area contributed by atoms with Crippen molar-refractivity contribution in [1.29, 1.82) is 0 Å². The van der Waals surface area contributed by atoms with Crippen LogP contribution in [-0.4, -0.2) is 39.0 Å². The number of ether oxygens (including phenoxy) is 1. The van der Waals surface area contributed by atoms with Crippen molar-refractivity contribution in [1.82, 2.24) is 5.32 Å². The largest absolute Gasteiger partial charge is 0.492 e. The molecule has 1 atom stereocenters. The normalized spacial score (nSPS) is 17.9. The number of carbonyl (C=O) groups is 1. The number of rotatable bonds is 5. The predicted molar refractivity (Wildman–Crippen MR) is 76.5 cm³/mol. The Balaban J connectivity index is 1.86. The Kier molecular flexibility index (Phi) is 4.65. The third-order valence-electron chi connectivity index (χ3n) is 3.40. The van der Waals surface area contributed by atoms with Gasteiger partial charge < -0.3 is 10.1 Å². The van der Waals surface area contributed by atoms with Gasteiger partial charge in [-0.05, 0) is 18.1 Å². The molecule has 0 aliphatic carbocycles. The van der Waals surface area contributed by atoms with Crippen LogP contribution in [0.5, 0.6) is 5.75 Å². The van der Waals surface area contributed by atoms with Crippen LogP contribution in [0.2, 0.25) is 0 Å². The average Bonchev–Trinajstić information content (AvgIpc) is 2.46. The first-order chi connectivity index (χ1) is 9.52. The van der Waals surface area contributed by atoms with Crippen LogP contribution in [0.1, 0.15) is 12.5 Å². The second-order valence-corrected chi connectivity index (χ2v) is 7.32. The molecule has 2 rings (SSSR count). The van der Waals surface area contributed by atoms with E-state index in [2.05, 4.69) is 5.32 Å². The smallest absolute Gasteiger partial charge is 0.226 e. The zero-order valence-corrected chi connectivity index (χ0v) is 12.3. The Labute approximate surface area is 119 Å². The van der Waals surface area contributed by atoms with Gasteiger partial charge in [0.15, 0.2) is 9.84 Å². The summed E-state index contributed by atoms with van der Waals surface area (Å²) in [7, 11) is -3.04. The first-order valence-corrected chi connectivity index (χ1v) is 8.53. The van der Waals surface area contributed by atoms with E-state index in [4.69, 9.17) is 4.74 Å². The minimum atomic E-state index is -3.04. The summed E-state index contributed by atoms with van der Waals surface area (Å²) in [4.78, 5) is 12.0. The number of sulfone groups is 1. The summed E-state index contributed by atoms with van der Waals surface area (Å²) in [6, 6.07) is 7.64. The summed E-state index contributed by atoms with van der Waals surface area (Å²) in [5, 5.41) is 2.68. The summed E-state index contributed by atoms with van der Waals surface area (Å²) in [6.45, 7) is 2.10. The molecule has 0 radical (unpaired) electrons. The topological polar surface area (TPSA) is 72.5 Å². The molecule has 1 N–H and O–H groups in total. The number of amides is 1. The van der Waals surface area contributed by atoms with Gasteiger partial charge in [0.25, 0.3) is 0 Å². The summed E-state index contributed by atoms with van der Waals surface area (Å²) in [5.41, 5.74) is 1.01. The standard InChI is InChI=1S/C14H19NO4S/c1-2-20(17,18)8-7-15-14(16)12-9-11-5-3-4-6-13(11)19-10-12/h3-6,12H,2,7-10H2,1H3,(H,15,16)/t12-/m0/s1. The SMILES string of the molecule is CCS(=O)(=O)CCNC(=O)[C@@H]1COc2ccccc2C1. The second-order valence-electron chi connectivity index (χ2n) is 4.85. The number of hydrogen-bond donors (Lipinski definition) is 1. The van der Waals surface area contributed by atoms with Gasteiger partial charge in [-0.15, -0.1) is 0 Å². The number of benzene rings is 1. The molecule has 0 spiro atoms. The van der Waals surface area contributed by atoms with E-state index in [1.165, 1.54) is 0 Å². The molecule has 6 heteroatoms. The quantitative estimate of drug-likeness (QED) is 0.872. The zero-order valence-electron chi connectivity index (χ0n) is 11.5. The lowest BCUT2D eigenvalue weighted by Crippen LogP contribution is -2.39. The van der Waals surface area contributed by atoms with Crippen LogP contribution in [-0.2, 0) is 21.1 Å². The van der Waals surface area contributed by atoms with Crippen molar-refractivity contribution < 1.29 is 17.9 Å². The first-order valence-electron chi connectivity index (χ1n) is 6.70. The van der Waals surface area contributed by atoms with Crippen LogP contribution in [0, 0.1) is 5.92 Å². The molecule has 110 valence electrons. The molecule has 0 saturated carbocycles. The lowest BCUT2D eigenvalue weighted by atomic mass is 9.96. The van der Waals surface area contributed by atoms with Crippen LogP contribution in [0.15, 0.2) is 24.3 Å². The molecule has 1 aliphatic rings. The molecule has 0 saturated heterocycles. The van der Waals surface area contributed by atoms with Crippen LogP contribution in [0.3, 0.4) is 0 Å². The van der Waals surface area contributed by atoms with Gasteiger partial charge in [-0.2, -0.15) is 0 Å². The van der Waals surface area contributed by atoms with Crippen molar-refractivity contribution in [2.75, 3.05) is 24.7 Å². The molecule has 1 aromatic rings. The predicted octanol–water partition coefficient (Wildman–Crippen LogP) is 0.789. The van der Waals surface area contributed by atoms with Gasteiger partial charge in [-0.25, -0.2) is 8.42 Å². The highest BCUT2D eigenvalue weighted by atomic mass is 32.2. The summed E-state index contributed by atoms with van der Waals surface area (Å²) < 4.78 is 28.2. The second kappa shape index (κ2) is 6.26. The van der Waals surface area contributed by atoms with Crippen LogP contribution in [0.4, 0.5) is 0 Å². The van der Waals surface area contributed by atoms with Crippen molar-refractivity contribution in [3.8, 4) is 5.75 Å². The van der Waals surface area contributed by atoms with E-state index in [0.29, 0.717) is 13.0 Å². The fourth-order valence-electron chi connectivity index (χ4n) is 2.11. The third kappa shape index (κ3) is 3.72. The van der Waals surface area contributed by atoms with E-state index in [0.717, 1.165) is 11.3 Å². The Bertz CT molecular complexity index is 583. The Morgan fingerprint density at radius 1 is 1.40 bits per heavy atom. The monoisotopic (exact) mass is 297 g/mol. The maximum absolute atomic E-state index is 12.0. The molecular formula is C14H19NO4S. The van der Waals surface area contributed by atoms with Crippen molar-refractivity contribution in [3.05, 3.63) is 29.8 Å². The maximum Gasteiger partial charge on any atom is 0.226 e. The Morgan fingerprint density at radius 3 is 2.90 bits per heavy atom. The van der Waals surface area contributed by atoms with Crippen molar-refractivity contribution >= 4 is 15.7 Å². The molecule has 1 heterocycles. The van der Waals surface area contributed by atoms with E-state index >= 15 is 0 Å². The number of nitrogens with one attached hydrogen (secondary N) is 1. The first kappa shape index (κ1) is 14.8. The number of hydrogen-bond acceptors (Lipinski definition) is 4. The molecule has 5 nitrogen and oxygen atoms in total. The Hall–Kier alpha value is -1.56. The van der Waals surface area contributed by atoms with E-state index < -0.39 is 9.84 Å². The molecule has 0 unspecified atom stereocenters. The van der Waals surface area contributed by atoms with Gasteiger partial charge in [0.1, 0.15) is 12.4 Å². The van der Waals surface area contributed by atoms with Gasteiger partial charge >= 0.3 is 0 Å². The van der Waals surface area contributed by atoms with E-state index in [-0.39, 0.29) is 29.9 Å². The van der Waals surface area contributed by atoms with Crippen LogP contribution in [0.25, 0.3) is 0 Å². The number of fused-ring (bicyclic) bond motifs is 1. The molecular weight excluding hydrogens is 278 g/mol. The van der Waals surface area contributed by atoms with E-state index in [1.54, 1.807) is 6.92 Å². The fraction of sp³-hybridized carbons (Fsp3) is 0.500. The summed E-state index contributed by atoms with van der Waals surface area (Å²) in [5.74, 6) is 0.507. The van der Waals surface area contributed by atoms with Crippen molar-refractivity contribution in [2.24, 2.45) is 5.92 Å². The molecule has 1 amide bonds. The highest BCUT2D eigenvalue weighted by Gasteiger charge is 2.25. The lowest BCUT2D eigenvalue weighted by Gasteiger charge is -2.24. The molecule has 0 bridgehead atoms. The molecule has 20 heavy (non-hydrogen) atoms. The third-order valence-corrected chi connectivity index (χ3v) is 5.11. The minimum Gasteiger partial charge on any atom is -0.492 e. The minimum absolute atomic E-state index is 0.0145. The average molecular weight is 297 g/mol. The highest BCUT2D eigenvalue weighted by molar-refractivity contribution is 7.91. The molecule has 1 aromatic carbocycles. The van der Waals surface area contributed by atoms with Gasteiger partial charge in [0.05, 0.1) is 11.7 Å². The molecule has 0 aromatic heterocycles. The summed E-state index contributed by atoms with van der Waals surface area (Å²) in [6.07, 6.45) is 0.628. The fourth-order valence-corrected chi connectivity index (χ4v) is 2.82. The van der Waals surface area contributed by atoms with E-state index in [1.807, 2.05) is 24.3 Å². The van der Waals surface area contributed by atoms with Gasteiger partial charge in [-0.1, -0.05) is 25.1 Å². The highest BCUT2D eigenvalue weighted by Crippen LogP contribution is 2.26. The van der Waals surface area contributed by atoms with Gasteiger partial charge in [0.2, 0.25) is 5.91 Å². The number of para-hydroxylation sites is 1. The zero-order chi connectivity index (χ0) is 14.6. The van der Waals surface area contributed by atoms with Crippen LogP contribution < -0.4 is 10.1 Å².